The lowest BCUT2D eigenvalue weighted by Gasteiger charge is -2.12. The van der Waals surface area contributed by atoms with E-state index >= 15 is 0 Å². The molecule has 9 nitrogen and oxygen atoms in total. The van der Waals surface area contributed by atoms with Crippen LogP contribution in [0.5, 0.6) is 0 Å². The molecule has 1 aromatic heterocycles. The lowest BCUT2D eigenvalue weighted by atomic mass is 10.1. The number of nitrogens with zero attached hydrogens (tertiary/aromatic N) is 2. The summed E-state index contributed by atoms with van der Waals surface area (Å²) in [6.45, 7) is 0. The van der Waals surface area contributed by atoms with Crippen molar-refractivity contribution < 1.29 is 18.0 Å². The van der Waals surface area contributed by atoms with Gasteiger partial charge in [0, 0.05) is 16.6 Å². The summed E-state index contributed by atoms with van der Waals surface area (Å²) in [5, 5.41) is 15.4. The van der Waals surface area contributed by atoms with Crippen LogP contribution in [0.25, 0.3) is 5.69 Å². The Morgan fingerprint density at radius 2 is 1.88 bits per heavy atom. The summed E-state index contributed by atoms with van der Waals surface area (Å²) in [5.74, 6) is -0.435. The number of amides is 2. The average Bonchev–Trinajstić information content (AvgIpc) is 3.49. The smallest absolute Gasteiger partial charge is 0.240 e. The van der Waals surface area contributed by atoms with Crippen LogP contribution in [0.4, 0.5) is 11.4 Å². The minimum atomic E-state index is -4.14. The molecule has 0 aliphatic heterocycles. The van der Waals surface area contributed by atoms with Gasteiger partial charge in [-0.1, -0.05) is 29.8 Å². The first kappa shape index (κ1) is 22.0. The van der Waals surface area contributed by atoms with Crippen LogP contribution < -0.4 is 15.8 Å². The van der Waals surface area contributed by atoms with Crippen LogP contribution in [0.15, 0.2) is 59.8 Å². The second-order valence-corrected chi connectivity index (χ2v) is 9.42. The highest BCUT2D eigenvalue weighted by Gasteiger charge is 2.30. The van der Waals surface area contributed by atoms with Gasteiger partial charge in [-0.3, -0.25) is 9.59 Å². The molecule has 1 aliphatic carbocycles. The zero-order chi connectivity index (χ0) is 22.9. The van der Waals surface area contributed by atoms with E-state index in [1.54, 1.807) is 30.3 Å². The summed E-state index contributed by atoms with van der Waals surface area (Å²) in [4.78, 5) is 24.1. The van der Waals surface area contributed by atoms with E-state index in [0.29, 0.717) is 16.3 Å². The largest absolute Gasteiger partial charge is 0.326 e. The highest BCUT2D eigenvalue weighted by atomic mass is 35.5. The summed E-state index contributed by atoms with van der Waals surface area (Å²) in [7, 11) is -4.14. The number of carbonyl (C=O) groups excluding carboxylic acids is 2. The van der Waals surface area contributed by atoms with E-state index in [2.05, 4.69) is 15.7 Å². The van der Waals surface area contributed by atoms with Crippen molar-refractivity contribution in [3.8, 4) is 5.69 Å². The Morgan fingerprint density at radius 3 is 2.56 bits per heavy atom. The first-order chi connectivity index (χ1) is 15.2. The van der Waals surface area contributed by atoms with E-state index in [1.165, 1.54) is 29.2 Å². The van der Waals surface area contributed by atoms with Crippen LogP contribution in [-0.2, 0) is 26.0 Å². The van der Waals surface area contributed by atoms with E-state index < -0.39 is 10.0 Å². The quantitative estimate of drug-likeness (QED) is 0.484. The number of sulfonamides is 1. The van der Waals surface area contributed by atoms with Crippen molar-refractivity contribution in [3.05, 3.63) is 65.4 Å². The van der Waals surface area contributed by atoms with Crippen LogP contribution in [0.1, 0.15) is 18.4 Å². The Balaban J connectivity index is 1.56. The molecule has 0 bridgehead atoms. The van der Waals surface area contributed by atoms with Crippen LogP contribution in [0.2, 0.25) is 5.02 Å². The first-order valence-corrected chi connectivity index (χ1v) is 11.7. The second-order valence-electron chi connectivity index (χ2n) is 7.48. The summed E-state index contributed by atoms with van der Waals surface area (Å²) < 4.78 is 25.7. The monoisotopic (exact) mass is 473 g/mol. The number of halogens is 1. The van der Waals surface area contributed by atoms with E-state index in [9.17, 15) is 18.0 Å². The third-order valence-corrected chi connectivity index (χ3v) is 6.21. The molecule has 3 aromatic rings. The summed E-state index contributed by atoms with van der Waals surface area (Å²) in [6, 6.07) is 11.2. The van der Waals surface area contributed by atoms with E-state index in [1.807, 2.05) is 0 Å². The second kappa shape index (κ2) is 8.73. The van der Waals surface area contributed by atoms with Crippen LogP contribution in [-0.4, -0.2) is 30.0 Å². The molecule has 166 valence electrons. The number of carbonyl (C=O) groups is 2. The predicted molar refractivity (Wildman–Crippen MR) is 120 cm³/mol. The molecule has 1 aliphatic rings. The van der Waals surface area contributed by atoms with E-state index in [-0.39, 0.29) is 40.4 Å². The molecule has 0 unspecified atom stereocenters. The van der Waals surface area contributed by atoms with E-state index in [4.69, 9.17) is 16.7 Å². The maximum Gasteiger partial charge on any atom is 0.240 e. The molecule has 0 atom stereocenters. The lowest BCUT2D eigenvalue weighted by Crippen LogP contribution is -2.18. The Hall–Kier alpha value is -3.21. The van der Waals surface area contributed by atoms with Crippen molar-refractivity contribution in [2.45, 2.75) is 24.2 Å². The van der Waals surface area contributed by atoms with Crippen molar-refractivity contribution in [1.82, 2.24) is 9.78 Å². The lowest BCUT2D eigenvalue weighted by molar-refractivity contribution is -0.117. The molecular formula is C21H20ClN5O4S. The maximum absolute atomic E-state index is 12.4. The maximum atomic E-state index is 12.4. The number of aromatic nitrogens is 2. The normalized spacial score (nSPS) is 13.6. The van der Waals surface area contributed by atoms with Crippen LogP contribution >= 0.6 is 11.6 Å². The molecule has 2 amide bonds. The van der Waals surface area contributed by atoms with Gasteiger partial charge in [0.25, 0.3) is 0 Å². The van der Waals surface area contributed by atoms with Crippen molar-refractivity contribution in [2.24, 2.45) is 11.1 Å². The summed E-state index contributed by atoms with van der Waals surface area (Å²) >= 11 is 6.09. The molecule has 0 saturated heterocycles. The van der Waals surface area contributed by atoms with Gasteiger partial charge in [-0.2, -0.15) is 5.10 Å². The number of anilines is 2. The summed E-state index contributed by atoms with van der Waals surface area (Å²) in [5.41, 5.74) is 1.53. The van der Waals surface area contributed by atoms with Crippen LogP contribution in [0.3, 0.4) is 0 Å². The number of nitrogens with one attached hydrogen (secondary N) is 2. The molecular weight excluding hydrogens is 454 g/mol. The Kier molecular flexibility index (Phi) is 6.00. The van der Waals surface area contributed by atoms with Gasteiger partial charge in [0.05, 0.1) is 30.2 Å². The number of hydrogen-bond donors (Lipinski definition) is 3. The number of nitrogens with two attached hydrogens (primary N) is 1. The molecule has 1 heterocycles. The van der Waals surface area contributed by atoms with Gasteiger partial charge >= 0.3 is 0 Å². The van der Waals surface area contributed by atoms with Gasteiger partial charge in [0.15, 0.2) is 0 Å². The van der Waals surface area contributed by atoms with Crippen molar-refractivity contribution in [3.63, 3.8) is 0 Å². The fraction of sp³-hybridized carbons (Fsp3) is 0.190. The zero-order valence-electron chi connectivity index (χ0n) is 16.8. The van der Waals surface area contributed by atoms with Gasteiger partial charge < -0.3 is 10.6 Å². The van der Waals surface area contributed by atoms with Crippen LogP contribution in [0, 0.1) is 5.92 Å². The Bertz CT molecular complexity index is 1300. The third-order valence-electron chi connectivity index (χ3n) is 4.90. The number of rotatable bonds is 7. The number of primary sulfonamides is 1. The standard InChI is InChI=1S/C21H20ClN5O4S/c22-17-4-2-1-3-14(17)9-20(28)25-15-7-8-18(19(10-15)32(23,30)31)27-12-16(11-24-27)26-21(29)13-5-6-13/h1-4,7-8,10-13H,5-6,9H2,(H,25,28)(H,26,29)(H2,23,30,31). The molecule has 4 N–H and O–H groups in total. The first-order valence-electron chi connectivity index (χ1n) is 9.77. The molecule has 0 spiro atoms. The highest BCUT2D eigenvalue weighted by molar-refractivity contribution is 7.89. The Morgan fingerprint density at radius 1 is 1.12 bits per heavy atom. The topological polar surface area (TPSA) is 136 Å². The number of hydrogen-bond acceptors (Lipinski definition) is 5. The molecule has 4 rings (SSSR count). The zero-order valence-corrected chi connectivity index (χ0v) is 18.4. The molecule has 1 fully saturated rings. The van der Waals surface area contributed by atoms with E-state index in [0.717, 1.165) is 12.8 Å². The minimum Gasteiger partial charge on any atom is -0.326 e. The average molecular weight is 474 g/mol. The Labute approximate surface area is 189 Å². The fourth-order valence-corrected chi connectivity index (χ4v) is 4.08. The van der Waals surface area contributed by atoms with Crippen molar-refractivity contribution in [2.75, 3.05) is 10.6 Å². The highest BCUT2D eigenvalue weighted by Crippen LogP contribution is 2.30. The van der Waals surface area contributed by atoms with Crippen molar-refractivity contribution >= 4 is 44.8 Å². The fourth-order valence-electron chi connectivity index (χ4n) is 3.14. The van der Waals surface area contributed by atoms with Gasteiger partial charge in [-0.15, -0.1) is 0 Å². The van der Waals surface area contributed by atoms with Gasteiger partial charge in [-0.05, 0) is 42.7 Å². The van der Waals surface area contributed by atoms with Gasteiger partial charge in [0.2, 0.25) is 21.8 Å². The third kappa shape index (κ3) is 5.16. The molecule has 2 aromatic carbocycles. The van der Waals surface area contributed by atoms with Gasteiger partial charge in [0.1, 0.15) is 4.90 Å². The minimum absolute atomic E-state index is 0.0204. The SMILES string of the molecule is NS(=O)(=O)c1cc(NC(=O)Cc2ccccc2Cl)ccc1-n1cc(NC(=O)C2CC2)cn1. The molecule has 0 radical (unpaired) electrons. The molecule has 11 heteroatoms. The van der Waals surface area contributed by atoms with Gasteiger partial charge in [-0.25, -0.2) is 18.2 Å². The molecule has 1 saturated carbocycles. The number of benzene rings is 2. The predicted octanol–water partition coefficient (Wildman–Crippen LogP) is 2.70. The molecule has 32 heavy (non-hydrogen) atoms. The van der Waals surface area contributed by atoms with Crippen molar-refractivity contribution in [1.29, 1.82) is 0 Å². The summed E-state index contributed by atoms with van der Waals surface area (Å²) in [6.07, 6.45) is 4.67.